The molecular formula is C8H14N4O4. The van der Waals surface area contributed by atoms with Crippen LogP contribution in [0.4, 0.5) is 9.59 Å². The molecule has 8 heteroatoms. The summed E-state index contributed by atoms with van der Waals surface area (Å²) in [5.74, 6) is 0. The van der Waals surface area contributed by atoms with Crippen LogP contribution in [0.15, 0.2) is 0 Å². The van der Waals surface area contributed by atoms with Crippen LogP contribution in [-0.4, -0.2) is 61.9 Å². The monoisotopic (exact) mass is 230 g/mol. The van der Waals surface area contributed by atoms with E-state index in [4.69, 9.17) is 9.47 Å². The van der Waals surface area contributed by atoms with E-state index < -0.39 is 12.3 Å². The maximum absolute atomic E-state index is 11.6. The molecular weight excluding hydrogens is 216 g/mol. The van der Waals surface area contributed by atoms with Gasteiger partial charge in [-0.1, -0.05) is 0 Å². The molecule has 0 unspecified atom stereocenters. The fourth-order valence-electron chi connectivity index (χ4n) is 1.93. The van der Waals surface area contributed by atoms with Crippen molar-refractivity contribution in [3.63, 3.8) is 0 Å². The van der Waals surface area contributed by atoms with Gasteiger partial charge in [-0.3, -0.25) is 9.80 Å². The van der Waals surface area contributed by atoms with Crippen LogP contribution >= 0.6 is 0 Å². The first-order valence-electron chi connectivity index (χ1n) is 4.81. The first kappa shape index (κ1) is 11.0. The quantitative estimate of drug-likeness (QED) is 0.642. The summed E-state index contributed by atoms with van der Waals surface area (Å²) in [6, 6.07) is -0.532. The van der Waals surface area contributed by atoms with Crippen molar-refractivity contribution in [1.82, 2.24) is 20.4 Å². The number of hydrogen-bond acceptors (Lipinski definition) is 4. The summed E-state index contributed by atoms with van der Waals surface area (Å²) in [5.41, 5.74) is 0. The van der Waals surface area contributed by atoms with Crippen molar-refractivity contribution < 1.29 is 19.1 Å². The minimum absolute atomic E-state index is 0.127. The average Bonchev–Trinajstić information content (AvgIpc) is 2.68. The molecule has 2 saturated heterocycles. The van der Waals surface area contributed by atoms with Crippen LogP contribution in [0.1, 0.15) is 0 Å². The number of fused-ring (bicyclic) bond motifs is 1. The summed E-state index contributed by atoms with van der Waals surface area (Å²) in [4.78, 5) is 26.0. The Morgan fingerprint density at radius 2 is 1.50 bits per heavy atom. The van der Waals surface area contributed by atoms with E-state index >= 15 is 0 Å². The number of amides is 4. The fourth-order valence-corrected chi connectivity index (χ4v) is 1.93. The van der Waals surface area contributed by atoms with E-state index in [1.165, 1.54) is 24.0 Å². The molecule has 2 aliphatic heterocycles. The summed E-state index contributed by atoms with van der Waals surface area (Å²) >= 11 is 0. The molecule has 16 heavy (non-hydrogen) atoms. The van der Waals surface area contributed by atoms with Gasteiger partial charge in [0.15, 0.2) is 6.17 Å². The summed E-state index contributed by atoms with van der Waals surface area (Å²) in [6.07, 6.45) is -0.815. The molecule has 0 spiro atoms. The fraction of sp³-hybridized carbons (Fsp3) is 0.750. The Hall–Kier alpha value is -1.54. The van der Waals surface area contributed by atoms with Gasteiger partial charge in [0, 0.05) is 14.2 Å². The third kappa shape index (κ3) is 1.55. The number of rotatable bonds is 4. The largest absolute Gasteiger partial charge is 0.364 e. The molecule has 0 radical (unpaired) electrons. The van der Waals surface area contributed by atoms with Crippen LogP contribution in [-0.2, 0) is 9.47 Å². The Morgan fingerprint density at radius 3 is 1.88 bits per heavy atom. The Kier molecular flexibility index (Phi) is 2.84. The van der Waals surface area contributed by atoms with Crippen molar-refractivity contribution in [1.29, 1.82) is 0 Å². The summed E-state index contributed by atoms with van der Waals surface area (Å²) in [5, 5.41) is 5.29. The van der Waals surface area contributed by atoms with Gasteiger partial charge in [0.1, 0.15) is 19.6 Å². The first-order chi connectivity index (χ1) is 7.69. The number of nitrogens with zero attached hydrogens (tertiary/aromatic N) is 2. The lowest BCUT2D eigenvalue weighted by Crippen LogP contribution is -2.47. The van der Waals surface area contributed by atoms with E-state index in [9.17, 15) is 9.59 Å². The van der Waals surface area contributed by atoms with Gasteiger partial charge in [-0.15, -0.1) is 0 Å². The smallest absolute Gasteiger partial charge is 0.322 e. The van der Waals surface area contributed by atoms with E-state index in [0.717, 1.165) is 0 Å². The zero-order valence-corrected chi connectivity index (χ0v) is 9.10. The average molecular weight is 230 g/mol. The lowest BCUT2D eigenvalue weighted by atomic mass is 10.4. The van der Waals surface area contributed by atoms with Crippen molar-refractivity contribution in [3.05, 3.63) is 0 Å². The molecule has 90 valence electrons. The Labute approximate surface area is 92.5 Å². The van der Waals surface area contributed by atoms with E-state index in [1.54, 1.807) is 0 Å². The second-order valence-corrected chi connectivity index (χ2v) is 3.57. The molecule has 0 atom stereocenters. The summed E-state index contributed by atoms with van der Waals surface area (Å²) in [6.45, 7) is 0.254. The highest BCUT2D eigenvalue weighted by Crippen LogP contribution is 2.21. The first-order valence-corrected chi connectivity index (χ1v) is 4.81. The Balaban J connectivity index is 2.16. The maximum atomic E-state index is 11.6. The van der Waals surface area contributed by atoms with Crippen molar-refractivity contribution in [2.24, 2.45) is 0 Å². The van der Waals surface area contributed by atoms with Crippen LogP contribution in [0.5, 0.6) is 0 Å². The number of nitrogens with one attached hydrogen (secondary N) is 2. The van der Waals surface area contributed by atoms with Crippen LogP contribution in [0, 0.1) is 0 Å². The maximum Gasteiger partial charge on any atom is 0.322 e. The highest BCUT2D eigenvalue weighted by molar-refractivity contribution is 5.84. The van der Waals surface area contributed by atoms with Gasteiger partial charge in [0.25, 0.3) is 0 Å². The standard InChI is InChI=1S/C8H14N4O4/c1-15-3-11-6-5(9-7(11)13)10-8(14)12(6)4-16-2/h5-6H,3-4H2,1-2H3,(H,9,13)(H,10,14). The zero-order valence-electron chi connectivity index (χ0n) is 9.10. The van der Waals surface area contributed by atoms with E-state index in [-0.39, 0.29) is 25.5 Å². The third-order valence-corrected chi connectivity index (χ3v) is 2.55. The number of ether oxygens (including phenoxy) is 2. The topological polar surface area (TPSA) is 83.1 Å². The molecule has 0 aromatic heterocycles. The van der Waals surface area contributed by atoms with Crippen molar-refractivity contribution in [3.8, 4) is 0 Å². The van der Waals surface area contributed by atoms with Gasteiger partial charge < -0.3 is 20.1 Å². The van der Waals surface area contributed by atoms with E-state index in [0.29, 0.717) is 0 Å². The number of hydrogen-bond donors (Lipinski definition) is 2. The van der Waals surface area contributed by atoms with E-state index in [1.807, 2.05) is 0 Å². The third-order valence-electron chi connectivity index (χ3n) is 2.55. The molecule has 0 bridgehead atoms. The summed E-state index contributed by atoms with van der Waals surface area (Å²) in [7, 11) is 2.98. The predicted molar refractivity (Wildman–Crippen MR) is 52.1 cm³/mol. The van der Waals surface area contributed by atoms with Gasteiger partial charge in [-0.2, -0.15) is 0 Å². The number of urea groups is 2. The minimum atomic E-state index is -0.412. The molecule has 0 aromatic rings. The van der Waals surface area contributed by atoms with Gasteiger partial charge >= 0.3 is 12.1 Å². The highest BCUT2D eigenvalue weighted by atomic mass is 16.5. The second-order valence-electron chi connectivity index (χ2n) is 3.57. The zero-order chi connectivity index (χ0) is 11.7. The van der Waals surface area contributed by atoms with E-state index in [2.05, 4.69) is 10.6 Å². The minimum Gasteiger partial charge on any atom is -0.364 e. The molecule has 4 amide bonds. The van der Waals surface area contributed by atoms with Gasteiger partial charge in [0.05, 0.1) is 0 Å². The Bertz CT molecular complexity index is 282. The highest BCUT2D eigenvalue weighted by Gasteiger charge is 2.50. The number of methoxy groups -OCH3 is 2. The molecule has 0 saturated carbocycles. The van der Waals surface area contributed by atoms with Gasteiger partial charge in [0.2, 0.25) is 0 Å². The van der Waals surface area contributed by atoms with Gasteiger partial charge in [-0.25, -0.2) is 9.59 Å². The van der Waals surface area contributed by atoms with Crippen LogP contribution in [0.2, 0.25) is 0 Å². The normalized spacial score (nSPS) is 28.1. The van der Waals surface area contributed by atoms with Crippen LogP contribution < -0.4 is 10.6 Å². The summed E-state index contributed by atoms with van der Waals surface area (Å²) < 4.78 is 9.85. The lowest BCUT2D eigenvalue weighted by molar-refractivity contribution is -0.00114. The number of carbonyl (C=O) groups is 2. The van der Waals surface area contributed by atoms with Crippen molar-refractivity contribution >= 4 is 12.1 Å². The van der Waals surface area contributed by atoms with Gasteiger partial charge in [-0.05, 0) is 0 Å². The molecule has 2 rings (SSSR count). The molecule has 2 aliphatic rings. The van der Waals surface area contributed by atoms with Crippen LogP contribution in [0.25, 0.3) is 0 Å². The Morgan fingerprint density at radius 1 is 1.06 bits per heavy atom. The molecule has 0 aromatic carbocycles. The lowest BCUT2D eigenvalue weighted by Gasteiger charge is -2.27. The van der Waals surface area contributed by atoms with Crippen LogP contribution in [0.3, 0.4) is 0 Å². The number of carbonyl (C=O) groups excluding carboxylic acids is 2. The van der Waals surface area contributed by atoms with Crippen molar-refractivity contribution in [2.45, 2.75) is 12.3 Å². The second kappa shape index (κ2) is 4.14. The molecule has 2 N–H and O–H groups in total. The molecule has 0 aliphatic carbocycles. The molecule has 2 heterocycles. The predicted octanol–water partition coefficient (Wildman–Crippen LogP) is -1.10. The molecule has 2 fully saturated rings. The SMILES string of the molecule is COCN1C(=O)NC2NC(=O)N(COC)C21. The molecule has 8 nitrogen and oxygen atoms in total. The van der Waals surface area contributed by atoms with Crippen molar-refractivity contribution in [2.75, 3.05) is 27.7 Å².